The molecule has 3 rings (SSSR count). The van der Waals surface area contributed by atoms with E-state index in [0.29, 0.717) is 21.6 Å². The number of carbonyl (C=O) groups excluding carboxylic acids is 2. The summed E-state index contributed by atoms with van der Waals surface area (Å²) in [6.07, 6.45) is 1.26. The highest BCUT2D eigenvalue weighted by Crippen LogP contribution is 2.33. The van der Waals surface area contributed by atoms with Crippen LogP contribution in [0.4, 0.5) is 5.82 Å². The number of Topliss-reactive ketones (excluding diaryl/α,β-unsaturated/α-hetero) is 1. The average molecular weight is 412 g/mol. The number of nitrogens with zero attached hydrogens (tertiary/aromatic N) is 3. The Kier molecular flexibility index (Phi) is 5.41. The summed E-state index contributed by atoms with van der Waals surface area (Å²) in [6.45, 7) is -0.762. The molecule has 0 fully saturated rings. The van der Waals surface area contributed by atoms with Crippen LogP contribution in [-0.4, -0.2) is 34.3 Å². The van der Waals surface area contributed by atoms with E-state index in [1.54, 1.807) is 24.3 Å². The lowest BCUT2D eigenvalue weighted by molar-refractivity contribution is -0.137. The number of fused-ring (bicyclic) bond motifs is 1. The highest BCUT2D eigenvalue weighted by Gasteiger charge is 2.22. The molecule has 0 aliphatic carbocycles. The van der Waals surface area contributed by atoms with Gasteiger partial charge in [0.1, 0.15) is 23.0 Å². The van der Waals surface area contributed by atoms with E-state index in [-0.39, 0.29) is 18.2 Å². The van der Waals surface area contributed by atoms with Crippen LogP contribution >= 0.6 is 0 Å². The molecule has 0 atom stereocenters. The Morgan fingerprint density at radius 3 is 2.63 bits per heavy atom. The lowest BCUT2D eigenvalue weighted by Crippen LogP contribution is -2.42. The third kappa shape index (κ3) is 3.66. The van der Waals surface area contributed by atoms with Crippen molar-refractivity contribution in [2.24, 2.45) is 14.1 Å². The molecule has 2 N–H and O–H groups in total. The molecule has 11 heteroatoms. The number of esters is 1. The number of anilines is 1. The van der Waals surface area contributed by atoms with Crippen molar-refractivity contribution in [1.82, 2.24) is 9.13 Å². The Bertz CT molecular complexity index is 1250. The SMILES string of the molecule is Cn1c(N)c(C(=O)COC(=O)/C(C#N)=C\c2ccc3c(c2)OCO3)c(=O)n(C)c1=O. The molecule has 0 saturated carbocycles. The van der Waals surface area contributed by atoms with Crippen molar-refractivity contribution in [3.63, 3.8) is 0 Å². The maximum Gasteiger partial charge on any atom is 0.349 e. The van der Waals surface area contributed by atoms with Gasteiger partial charge in [-0.05, 0) is 23.8 Å². The number of aromatic nitrogens is 2. The van der Waals surface area contributed by atoms with Gasteiger partial charge in [-0.25, -0.2) is 9.59 Å². The van der Waals surface area contributed by atoms with Crippen LogP contribution in [-0.2, 0) is 23.6 Å². The second-order valence-corrected chi connectivity index (χ2v) is 6.25. The lowest BCUT2D eigenvalue weighted by atomic mass is 10.1. The second-order valence-electron chi connectivity index (χ2n) is 6.25. The molecule has 0 bridgehead atoms. The monoisotopic (exact) mass is 412 g/mol. The zero-order valence-electron chi connectivity index (χ0n) is 16.0. The Labute approximate surface area is 169 Å². The Hall–Kier alpha value is -4.33. The minimum absolute atomic E-state index is 0.0748. The second kappa shape index (κ2) is 7.96. The summed E-state index contributed by atoms with van der Waals surface area (Å²) >= 11 is 0. The standard InChI is InChI=1S/C19H16N4O7/c1-22-16(21)15(17(25)23(2)19(22)27)12(24)8-28-18(26)11(7-20)5-10-3-4-13-14(6-10)30-9-29-13/h3-6H,8-9,21H2,1-2H3/b11-5-. The van der Waals surface area contributed by atoms with Gasteiger partial charge in [-0.2, -0.15) is 5.26 Å². The number of carbonyl (C=O) groups is 2. The summed E-state index contributed by atoms with van der Waals surface area (Å²) in [6, 6.07) is 6.50. The number of nitrogen functional groups attached to an aromatic ring is 1. The first-order valence-electron chi connectivity index (χ1n) is 8.51. The van der Waals surface area contributed by atoms with Crippen molar-refractivity contribution < 1.29 is 23.8 Å². The third-order valence-corrected chi connectivity index (χ3v) is 4.37. The maximum atomic E-state index is 12.4. The smallest absolute Gasteiger partial charge is 0.349 e. The van der Waals surface area contributed by atoms with E-state index in [0.717, 1.165) is 4.57 Å². The van der Waals surface area contributed by atoms with E-state index in [4.69, 9.17) is 19.9 Å². The molecular formula is C19H16N4O7. The molecule has 1 aliphatic heterocycles. The first-order valence-corrected chi connectivity index (χ1v) is 8.51. The first-order chi connectivity index (χ1) is 14.2. The number of nitrogens with two attached hydrogens (primary N) is 1. The van der Waals surface area contributed by atoms with Crippen molar-refractivity contribution in [2.45, 2.75) is 0 Å². The number of ether oxygens (including phenoxy) is 3. The van der Waals surface area contributed by atoms with Crippen LogP contribution in [0, 0.1) is 11.3 Å². The van der Waals surface area contributed by atoms with Crippen molar-refractivity contribution in [3.8, 4) is 17.6 Å². The third-order valence-electron chi connectivity index (χ3n) is 4.37. The molecule has 154 valence electrons. The Balaban J connectivity index is 1.78. The molecule has 0 saturated heterocycles. The summed E-state index contributed by atoms with van der Waals surface area (Å²) in [7, 11) is 2.48. The van der Waals surface area contributed by atoms with Gasteiger partial charge in [-0.15, -0.1) is 0 Å². The number of benzene rings is 1. The number of hydrogen-bond acceptors (Lipinski definition) is 9. The topological polar surface area (TPSA) is 156 Å². The van der Waals surface area contributed by atoms with Gasteiger partial charge in [0.15, 0.2) is 18.1 Å². The Morgan fingerprint density at radius 1 is 1.23 bits per heavy atom. The van der Waals surface area contributed by atoms with Gasteiger partial charge in [-0.3, -0.25) is 18.7 Å². The molecule has 30 heavy (non-hydrogen) atoms. The largest absolute Gasteiger partial charge is 0.454 e. The van der Waals surface area contributed by atoms with Crippen LogP contribution in [0.5, 0.6) is 11.5 Å². The predicted molar refractivity (Wildman–Crippen MR) is 103 cm³/mol. The van der Waals surface area contributed by atoms with Crippen LogP contribution in [0.25, 0.3) is 6.08 Å². The molecule has 2 heterocycles. The van der Waals surface area contributed by atoms with Crippen LogP contribution in [0.15, 0.2) is 33.4 Å². The van der Waals surface area contributed by atoms with Crippen LogP contribution in [0.2, 0.25) is 0 Å². The van der Waals surface area contributed by atoms with Crippen LogP contribution < -0.4 is 26.5 Å². The van der Waals surface area contributed by atoms with Crippen LogP contribution in [0.3, 0.4) is 0 Å². The van der Waals surface area contributed by atoms with Gasteiger partial charge in [0.05, 0.1) is 0 Å². The normalized spacial score (nSPS) is 12.4. The lowest BCUT2D eigenvalue weighted by Gasteiger charge is -2.10. The van der Waals surface area contributed by atoms with E-state index in [1.807, 2.05) is 0 Å². The van der Waals surface area contributed by atoms with E-state index in [9.17, 15) is 24.4 Å². The molecule has 2 aromatic rings. The van der Waals surface area contributed by atoms with Gasteiger partial charge in [0, 0.05) is 14.1 Å². The fourth-order valence-electron chi connectivity index (χ4n) is 2.71. The minimum atomic E-state index is -1.07. The molecule has 1 aromatic heterocycles. The summed E-state index contributed by atoms with van der Waals surface area (Å²) in [5.74, 6) is -1.32. The number of hydrogen-bond donors (Lipinski definition) is 1. The summed E-state index contributed by atoms with van der Waals surface area (Å²) in [5, 5.41) is 9.25. The van der Waals surface area contributed by atoms with E-state index in [2.05, 4.69) is 0 Å². The molecule has 0 spiro atoms. The van der Waals surface area contributed by atoms with Gasteiger partial charge < -0.3 is 19.9 Å². The summed E-state index contributed by atoms with van der Waals surface area (Å²) < 4.78 is 16.9. The molecular weight excluding hydrogens is 396 g/mol. The zero-order valence-corrected chi connectivity index (χ0v) is 16.0. The fourth-order valence-corrected chi connectivity index (χ4v) is 2.71. The van der Waals surface area contributed by atoms with Crippen molar-refractivity contribution in [2.75, 3.05) is 19.1 Å². The van der Waals surface area contributed by atoms with Crippen molar-refractivity contribution >= 4 is 23.6 Å². The quantitative estimate of drug-likeness (QED) is 0.302. The molecule has 1 aromatic carbocycles. The van der Waals surface area contributed by atoms with Crippen molar-refractivity contribution in [1.29, 1.82) is 5.26 Å². The number of nitriles is 1. The number of ketones is 1. The van der Waals surface area contributed by atoms with Crippen molar-refractivity contribution in [3.05, 3.63) is 55.7 Å². The zero-order chi connectivity index (χ0) is 22.0. The molecule has 1 aliphatic rings. The molecule has 0 unspecified atom stereocenters. The van der Waals surface area contributed by atoms with Gasteiger partial charge in [-0.1, -0.05) is 6.07 Å². The highest BCUT2D eigenvalue weighted by molar-refractivity contribution is 6.03. The highest BCUT2D eigenvalue weighted by atomic mass is 16.7. The Morgan fingerprint density at radius 2 is 1.93 bits per heavy atom. The van der Waals surface area contributed by atoms with E-state index >= 15 is 0 Å². The summed E-state index contributed by atoms with van der Waals surface area (Å²) in [4.78, 5) is 48.6. The van der Waals surface area contributed by atoms with Gasteiger partial charge >= 0.3 is 11.7 Å². The molecule has 0 amide bonds. The minimum Gasteiger partial charge on any atom is -0.454 e. The van der Waals surface area contributed by atoms with Gasteiger partial charge in [0.2, 0.25) is 12.6 Å². The van der Waals surface area contributed by atoms with Gasteiger partial charge in [0.25, 0.3) is 5.56 Å². The van der Waals surface area contributed by atoms with Crippen LogP contribution in [0.1, 0.15) is 15.9 Å². The summed E-state index contributed by atoms with van der Waals surface area (Å²) in [5.41, 5.74) is 3.71. The average Bonchev–Trinajstić information content (AvgIpc) is 3.21. The predicted octanol–water partition coefficient (Wildman–Crippen LogP) is -0.272. The molecule has 11 nitrogen and oxygen atoms in total. The number of rotatable bonds is 5. The fraction of sp³-hybridized carbons (Fsp3) is 0.211. The maximum absolute atomic E-state index is 12.4. The van der Waals surface area contributed by atoms with E-state index in [1.165, 1.54) is 20.2 Å². The van der Waals surface area contributed by atoms with E-state index < -0.39 is 35.2 Å². The first kappa shape index (κ1) is 20.4. The molecule has 0 radical (unpaired) electrons.